The van der Waals surface area contributed by atoms with E-state index in [9.17, 15) is 9.18 Å². The summed E-state index contributed by atoms with van der Waals surface area (Å²) >= 11 is 0. The topological polar surface area (TPSA) is 42.4 Å². The van der Waals surface area contributed by atoms with Gasteiger partial charge in [0.25, 0.3) is 5.91 Å². The lowest BCUT2D eigenvalue weighted by molar-refractivity contribution is 0.0747. The Morgan fingerprint density at radius 2 is 2.00 bits per heavy atom. The van der Waals surface area contributed by atoms with Crippen LogP contribution in [-0.4, -0.2) is 29.4 Å². The summed E-state index contributed by atoms with van der Waals surface area (Å²) < 4.78 is 18.7. The molecule has 0 unspecified atom stereocenters. The number of pyridine rings is 1. The van der Waals surface area contributed by atoms with Gasteiger partial charge in [-0.3, -0.25) is 9.78 Å². The third-order valence-electron chi connectivity index (χ3n) is 3.20. The first-order valence-electron chi connectivity index (χ1n) is 6.67. The summed E-state index contributed by atoms with van der Waals surface area (Å²) in [7, 11) is 1.60. The van der Waals surface area contributed by atoms with Gasteiger partial charge in [-0.1, -0.05) is 12.1 Å². The zero-order chi connectivity index (χ0) is 15.2. The van der Waals surface area contributed by atoms with E-state index in [1.54, 1.807) is 12.0 Å². The van der Waals surface area contributed by atoms with Crippen molar-refractivity contribution in [2.75, 3.05) is 13.7 Å². The summed E-state index contributed by atoms with van der Waals surface area (Å²) in [6, 6.07) is 8.84. The van der Waals surface area contributed by atoms with Gasteiger partial charge in [0.05, 0.1) is 18.9 Å². The molecule has 1 aromatic heterocycles. The van der Waals surface area contributed by atoms with E-state index in [0.717, 1.165) is 17.5 Å². The summed E-state index contributed by atoms with van der Waals surface area (Å²) in [6.07, 6.45) is 2.46. The molecule has 0 bridgehead atoms. The van der Waals surface area contributed by atoms with E-state index in [0.29, 0.717) is 13.1 Å². The van der Waals surface area contributed by atoms with Crippen LogP contribution in [0.25, 0.3) is 0 Å². The van der Waals surface area contributed by atoms with Crippen LogP contribution < -0.4 is 4.74 Å². The summed E-state index contributed by atoms with van der Waals surface area (Å²) in [5.74, 6) is -0.183. The number of hydrogen-bond donors (Lipinski definition) is 0. The molecule has 110 valence electrons. The predicted molar refractivity (Wildman–Crippen MR) is 77.6 cm³/mol. The average Bonchev–Trinajstić information content (AvgIpc) is 2.53. The van der Waals surface area contributed by atoms with Crippen molar-refractivity contribution in [1.82, 2.24) is 9.88 Å². The Morgan fingerprint density at radius 3 is 2.57 bits per heavy atom. The smallest absolute Gasteiger partial charge is 0.257 e. The molecule has 1 amide bonds. The van der Waals surface area contributed by atoms with Crippen LogP contribution in [0.4, 0.5) is 4.39 Å². The normalized spacial score (nSPS) is 10.2. The second-order valence-corrected chi connectivity index (χ2v) is 4.52. The molecule has 0 spiro atoms. The van der Waals surface area contributed by atoms with Crippen molar-refractivity contribution in [3.05, 3.63) is 59.7 Å². The van der Waals surface area contributed by atoms with Crippen LogP contribution in [0.3, 0.4) is 0 Å². The Kier molecular flexibility index (Phi) is 4.87. The number of nitrogens with zero attached hydrogens (tertiary/aromatic N) is 2. The fourth-order valence-electron chi connectivity index (χ4n) is 2.00. The second-order valence-electron chi connectivity index (χ2n) is 4.52. The number of halogens is 1. The molecule has 0 N–H and O–H groups in total. The number of aromatic nitrogens is 1. The van der Waals surface area contributed by atoms with Crippen LogP contribution in [0.5, 0.6) is 5.75 Å². The number of benzene rings is 1. The number of hydrogen-bond acceptors (Lipinski definition) is 3. The lowest BCUT2D eigenvalue weighted by Gasteiger charge is -2.21. The quantitative estimate of drug-likeness (QED) is 0.849. The Morgan fingerprint density at radius 1 is 1.29 bits per heavy atom. The Hall–Kier alpha value is -2.43. The largest absolute Gasteiger partial charge is 0.497 e. The third kappa shape index (κ3) is 3.56. The van der Waals surface area contributed by atoms with Crippen molar-refractivity contribution in [3.8, 4) is 5.75 Å². The fraction of sp³-hybridized carbons (Fsp3) is 0.250. The van der Waals surface area contributed by atoms with Gasteiger partial charge >= 0.3 is 0 Å². The molecule has 21 heavy (non-hydrogen) atoms. The van der Waals surface area contributed by atoms with E-state index in [-0.39, 0.29) is 11.5 Å². The Labute approximate surface area is 123 Å². The van der Waals surface area contributed by atoms with E-state index < -0.39 is 5.82 Å². The number of rotatable bonds is 5. The molecule has 4 nitrogen and oxygen atoms in total. The summed E-state index contributed by atoms with van der Waals surface area (Å²) in [5.41, 5.74) is 1.00. The molecule has 0 atom stereocenters. The molecule has 5 heteroatoms. The predicted octanol–water partition coefficient (Wildman–Crippen LogP) is 2.89. The van der Waals surface area contributed by atoms with E-state index in [1.807, 2.05) is 31.2 Å². The highest BCUT2D eigenvalue weighted by atomic mass is 19.1. The molecular formula is C16H17FN2O2. The van der Waals surface area contributed by atoms with Crippen molar-refractivity contribution >= 4 is 5.91 Å². The molecule has 2 aromatic rings. The van der Waals surface area contributed by atoms with Crippen molar-refractivity contribution in [2.24, 2.45) is 0 Å². The highest BCUT2D eigenvalue weighted by Gasteiger charge is 2.18. The lowest BCUT2D eigenvalue weighted by atomic mass is 10.1. The average molecular weight is 288 g/mol. The van der Waals surface area contributed by atoms with Crippen LogP contribution in [0, 0.1) is 5.82 Å². The molecule has 0 fully saturated rings. The van der Waals surface area contributed by atoms with E-state index in [1.165, 1.54) is 12.3 Å². The molecule has 0 aliphatic carbocycles. The van der Waals surface area contributed by atoms with Crippen molar-refractivity contribution in [1.29, 1.82) is 0 Å². The molecule has 1 aromatic carbocycles. The van der Waals surface area contributed by atoms with Gasteiger partial charge < -0.3 is 9.64 Å². The summed E-state index contributed by atoms with van der Waals surface area (Å²) in [4.78, 5) is 17.6. The summed E-state index contributed by atoms with van der Waals surface area (Å²) in [5, 5.41) is 0. The van der Waals surface area contributed by atoms with Crippen LogP contribution in [-0.2, 0) is 6.54 Å². The standard InChI is InChI=1S/C16H17FN2O2/c1-3-19(11-12-4-6-13(21-2)7-5-12)16(20)14-8-9-18-10-15(14)17/h4-10H,3,11H2,1-2H3. The molecule has 0 saturated heterocycles. The van der Waals surface area contributed by atoms with Gasteiger partial charge in [0, 0.05) is 19.3 Å². The third-order valence-corrected chi connectivity index (χ3v) is 3.20. The maximum Gasteiger partial charge on any atom is 0.257 e. The minimum Gasteiger partial charge on any atom is -0.497 e. The molecule has 0 aliphatic heterocycles. The van der Waals surface area contributed by atoms with Crippen LogP contribution in [0.1, 0.15) is 22.8 Å². The number of carbonyl (C=O) groups excluding carboxylic acids is 1. The van der Waals surface area contributed by atoms with Crippen LogP contribution in [0.15, 0.2) is 42.7 Å². The molecule has 2 rings (SSSR count). The molecule has 0 saturated carbocycles. The van der Waals surface area contributed by atoms with E-state index in [4.69, 9.17) is 4.74 Å². The maximum absolute atomic E-state index is 13.6. The van der Waals surface area contributed by atoms with Crippen LogP contribution in [0.2, 0.25) is 0 Å². The van der Waals surface area contributed by atoms with Gasteiger partial charge in [0.1, 0.15) is 5.75 Å². The van der Waals surface area contributed by atoms with Gasteiger partial charge in [-0.15, -0.1) is 0 Å². The molecular weight excluding hydrogens is 271 g/mol. The number of methoxy groups -OCH3 is 1. The van der Waals surface area contributed by atoms with Gasteiger partial charge in [-0.2, -0.15) is 0 Å². The van der Waals surface area contributed by atoms with Gasteiger partial charge in [-0.25, -0.2) is 4.39 Å². The van der Waals surface area contributed by atoms with Gasteiger partial charge in [-0.05, 0) is 30.7 Å². The first-order valence-corrected chi connectivity index (χ1v) is 6.67. The van der Waals surface area contributed by atoms with Gasteiger partial charge in [0.2, 0.25) is 0 Å². The Bertz CT molecular complexity index is 614. The highest BCUT2D eigenvalue weighted by molar-refractivity contribution is 5.94. The number of carbonyl (C=O) groups is 1. The monoisotopic (exact) mass is 288 g/mol. The first kappa shape index (κ1) is 15.0. The maximum atomic E-state index is 13.6. The van der Waals surface area contributed by atoms with E-state index >= 15 is 0 Å². The molecule has 0 radical (unpaired) electrons. The SMILES string of the molecule is CCN(Cc1ccc(OC)cc1)C(=O)c1ccncc1F. The van der Waals surface area contributed by atoms with Crippen molar-refractivity contribution < 1.29 is 13.9 Å². The first-order chi connectivity index (χ1) is 10.2. The second kappa shape index (κ2) is 6.83. The van der Waals surface area contributed by atoms with Crippen molar-refractivity contribution in [3.63, 3.8) is 0 Å². The lowest BCUT2D eigenvalue weighted by Crippen LogP contribution is -2.31. The Balaban J connectivity index is 2.15. The molecule has 0 aliphatic rings. The minimum atomic E-state index is -0.601. The van der Waals surface area contributed by atoms with Crippen LogP contribution >= 0.6 is 0 Å². The zero-order valence-electron chi connectivity index (χ0n) is 12.0. The highest BCUT2D eigenvalue weighted by Crippen LogP contribution is 2.15. The number of amides is 1. The molecule has 1 heterocycles. The number of ether oxygens (including phenoxy) is 1. The van der Waals surface area contributed by atoms with Crippen molar-refractivity contribution in [2.45, 2.75) is 13.5 Å². The summed E-state index contributed by atoms with van der Waals surface area (Å²) in [6.45, 7) is 2.77. The van der Waals surface area contributed by atoms with Gasteiger partial charge in [0.15, 0.2) is 5.82 Å². The van der Waals surface area contributed by atoms with E-state index in [2.05, 4.69) is 4.98 Å². The fourth-order valence-corrected chi connectivity index (χ4v) is 2.00. The zero-order valence-corrected chi connectivity index (χ0v) is 12.0. The minimum absolute atomic E-state index is 0.0420.